The molecule has 166 valence electrons. The number of fused-ring (bicyclic) bond motifs is 1. The van der Waals surface area contributed by atoms with Crippen LogP contribution in [0.15, 0.2) is 36.4 Å². The predicted molar refractivity (Wildman–Crippen MR) is 117 cm³/mol. The fourth-order valence-electron chi connectivity index (χ4n) is 5.02. The molecular weight excluding hydrogens is 392 g/mol. The molecule has 6 heteroatoms. The Bertz CT molecular complexity index is 814. The molecule has 0 bridgehead atoms. The number of benzene rings is 1. The maximum absolute atomic E-state index is 12.8. The van der Waals surface area contributed by atoms with E-state index in [1.54, 1.807) is 0 Å². The molecule has 31 heavy (non-hydrogen) atoms. The van der Waals surface area contributed by atoms with Gasteiger partial charge in [-0.15, -0.1) is 0 Å². The van der Waals surface area contributed by atoms with Crippen LogP contribution in [0.1, 0.15) is 44.6 Å². The maximum Gasteiger partial charge on any atom is 0.242 e. The van der Waals surface area contributed by atoms with Crippen molar-refractivity contribution in [1.29, 1.82) is 0 Å². The van der Waals surface area contributed by atoms with Crippen molar-refractivity contribution in [3.8, 4) is 5.75 Å². The second kappa shape index (κ2) is 9.67. The number of rotatable bonds is 7. The number of nitrogens with zero attached hydrogens (tertiary/aromatic N) is 2. The number of piperidine rings is 1. The van der Waals surface area contributed by atoms with Gasteiger partial charge in [-0.1, -0.05) is 24.3 Å². The fourth-order valence-corrected chi connectivity index (χ4v) is 5.02. The lowest BCUT2D eigenvalue weighted by Gasteiger charge is -2.33. The number of likely N-dealkylation sites (tertiary alicyclic amines) is 2. The van der Waals surface area contributed by atoms with Crippen LogP contribution in [0.4, 0.5) is 0 Å². The Kier molecular flexibility index (Phi) is 6.73. The molecule has 0 unspecified atom stereocenters. The van der Waals surface area contributed by atoms with E-state index in [0.717, 1.165) is 31.4 Å². The first kappa shape index (κ1) is 21.6. The third kappa shape index (κ3) is 4.83. The maximum atomic E-state index is 12.8. The summed E-state index contributed by atoms with van der Waals surface area (Å²) in [5.41, 5.74) is 1.31. The Labute approximate surface area is 184 Å². The lowest BCUT2D eigenvalue weighted by molar-refractivity contribution is -0.147. The molecule has 0 N–H and O–H groups in total. The van der Waals surface area contributed by atoms with Gasteiger partial charge in [0.25, 0.3) is 0 Å². The van der Waals surface area contributed by atoms with Gasteiger partial charge in [-0.05, 0) is 69.1 Å². The molecule has 2 heterocycles. The Morgan fingerprint density at radius 1 is 1.00 bits per heavy atom. The van der Waals surface area contributed by atoms with Crippen LogP contribution in [0.25, 0.3) is 0 Å². The Morgan fingerprint density at radius 3 is 2.19 bits per heavy atom. The van der Waals surface area contributed by atoms with E-state index in [1.807, 2.05) is 36.1 Å². The number of allylic oxidation sites excluding steroid dienone is 2. The van der Waals surface area contributed by atoms with Gasteiger partial charge in [0.05, 0.1) is 18.4 Å². The molecule has 2 atom stereocenters. The van der Waals surface area contributed by atoms with Crippen LogP contribution in [0, 0.1) is 17.8 Å². The summed E-state index contributed by atoms with van der Waals surface area (Å²) in [6.07, 6.45) is 9.23. The highest BCUT2D eigenvalue weighted by atomic mass is 16.5. The number of hydrogen-bond donors (Lipinski definition) is 0. The first-order chi connectivity index (χ1) is 15.1. The largest absolute Gasteiger partial charge is 0.494 e. The van der Waals surface area contributed by atoms with Gasteiger partial charge >= 0.3 is 0 Å². The Hall–Kier alpha value is -2.63. The smallest absolute Gasteiger partial charge is 0.242 e. The first-order valence-electron chi connectivity index (χ1n) is 11.6. The topological polar surface area (TPSA) is 66.9 Å². The number of carbonyl (C=O) groups excluding carboxylic acids is 3. The Balaban J connectivity index is 1.22. The summed E-state index contributed by atoms with van der Waals surface area (Å²) in [4.78, 5) is 41.0. The summed E-state index contributed by atoms with van der Waals surface area (Å²) >= 11 is 0. The van der Waals surface area contributed by atoms with Crippen molar-refractivity contribution in [1.82, 2.24) is 9.80 Å². The van der Waals surface area contributed by atoms with E-state index in [1.165, 1.54) is 10.5 Å². The average Bonchev–Trinajstić information content (AvgIpc) is 3.04. The highest BCUT2D eigenvalue weighted by Crippen LogP contribution is 2.35. The highest BCUT2D eigenvalue weighted by molar-refractivity contribution is 6.07. The van der Waals surface area contributed by atoms with Crippen LogP contribution in [-0.4, -0.2) is 53.8 Å². The molecular formula is C25H32N2O4. The third-order valence-corrected chi connectivity index (χ3v) is 6.94. The third-order valence-electron chi connectivity index (χ3n) is 6.94. The van der Waals surface area contributed by atoms with E-state index in [4.69, 9.17) is 4.74 Å². The van der Waals surface area contributed by atoms with Crippen LogP contribution in [0.5, 0.6) is 5.75 Å². The number of ether oxygens (including phenoxy) is 1. The van der Waals surface area contributed by atoms with Gasteiger partial charge in [0, 0.05) is 13.1 Å². The van der Waals surface area contributed by atoms with E-state index in [2.05, 4.69) is 12.1 Å². The summed E-state index contributed by atoms with van der Waals surface area (Å²) in [6.45, 7) is 3.97. The number of amides is 3. The molecule has 1 aromatic rings. The summed E-state index contributed by atoms with van der Waals surface area (Å²) in [5.74, 6) is 0.537. The molecule has 2 fully saturated rings. The quantitative estimate of drug-likeness (QED) is 0.498. The van der Waals surface area contributed by atoms with Gasteiger partial charge in [-0.3, -0.25) is 19.3 Å². The van der Waals surface area contributed by atoms with E-state index >= 15 is 0 Å². The highest BCUT2D eigenvalue weighted by Gasteiger charge is 2.48. The van der Waals surface area contributed by atoms with Crippen molar-refractivity contribution in [2.75, 3.05) is 26.2 Å². The van der Waals surface area contributed by atoms with Crippen LogP contribution in [0.2, 0.25) is 0 Å². The lowest BCUT2D eigenvalue weighted by atomic mass is 9.85. The second-order valence-electron chi connectivity index (χ2n) is 8.86. The van der Waals surface area contributed by atoms with E-state index in [-0.39, 0.29) is 36.1 Å². The van der Waals surface area contributed by atoms with Gasteiger partial charge in [-0.25, -0.2) is 0 Å². The number of hydrogen-bond acceptors (Lipinski definition) is 4. The average molecular weight is 425 g/mol. The van der Waals surface area contributed by atoms with Crippen molar-refractivity contribution in [2.24, 2.45) is 17.8 Å². The molecule has 3 aliphatic rings. The minimum absolute atomic E-state index is 0.0957. The summed E-state index contributed by atoms with van der Waals surface area (Å²) in [5, 5.41) is 0. The van der Waals surface area contributed by atoms with E-state index in [9.17, 15) is 14.4 Å². The molecule has 0 spiro atoms. The first-order valence-corrected chi connectivity index (χ1v) is 11.6. The van der Waals surface area contributed by atoms with Crippen molar-refractivity contribution in [3.63, 3.8) is 0 Å². The van der Waals surface area contributed by atoms with E-state index in [0.29, 0.717) is 38.5 Å². The molecule has 1 aliphatic carbocycles. The summed E-state index contributed by atoms with van der Waals surface area (Å²) < 4.78 is 5.49. The van der Waals surface area contributed by atoms with E-state index < -0.39 is 0 Å². The van der Waals surface area contributed by atoms with Crippen molar-refractivity contribution in [2.45, 2.75) is 45.4 Å². The minimum Gasteiger partial charge on any atom is -0.494 e. The SMILES string of the molecule is CCOc1ccc(CCC2CCN(C(=O)CN3C(=O)[C@H]4CC=CC[C@H]4C3=O)CC2)cc1. The molecule has 3 amide bonds. The number of imide groups is 1. The van der Waals surface area contributed by atoms with Crippen LogP contribution < -0.4 is 4.74 Å². The Morgan fingerprint density at radius 2 is 1.61 bits per heavy atom. The van der Waals surface area contributed by atoms with Gasteiger partial charge < -0.3 is 9.64 Å². The van der Waals surface area contributed by atoms with Gasteiger partial charge in [0.1, 0.15) is 12.3 Å². The van der Waals surface area contributed by atoms with Gasteiger partial charge in [0.2, 0.25) is 17.7 Å². The molecule has 0 saturated carbocycles. The fraction of sp³-hybridized carbons (Fsp3) is 0.560. The lowest BCUT2D eigenvalue weighted by Crippen LogP contribution is -2.46. The number of aryl methyl sites for hydroxylation is 1. The van der Waals surface area contributed by atoms with Crippen LogP contribution in [-0.2, 0) is 20.8 Å². The molecule has 6 nitrogen and oxygen atoms in total. The molecule has 0 radical (unpaired) electrons. The number of carbonyl (C=O) groups is 3. The zero-order valence-corrected chi connectivity index (χ0v) is 18.3. The zero-order chi connectivity index (χ0) is 21.8. The molecule has 1 aromatic carbocycles. The minimum atomic E-state index is -0.265. The van der Waals surface area contributed by atoms with Crippen molar-refractivity contribution >= 4 is 17.7 Å². The predicted octanol–water partition coefficient (Wildman–Crippen LogP) is 3.21. The normalized spacial score (nSPS) is 23.9. The molecule has 0 aromatic heterocycles. The molecule has 4 rings (SSSR count). The summed E-state index contributed by atoms with van der Waals surface area (Å²) in [7, 11) is 0. The van der Waals surface area contributed by atoms with Crippen LogP contribution in [0.3, 0.4) is 0 Å². The van der Waals surface area contributed by atoms with Crippen molar-refractivity contribution < 1.29 is 19.1 Å². The van der Waals surface area contributed by atoms with Crippen molar-refractivity contribution in [3.05, 3.63) is 42.0 Å². The van der Waals surface area contributed by atoms with Gasteiger partial charge in [-0.2, -0.15) is 0 Å². The van der Waals surface area contributed by atoms with Gasteiger partial charge in [0.15, 0.2) is 0 Å². The molecule has 2 aliphatic heterocycles. The summed E-state index contributed by atoms with van der Waals surface area (Å²) in [6, 6.07) is 8.29. The molecule has 2 saturated heterocycles. The second-order valence-corrected chi connectivity index (χ2v) is 8.86. The monoisotopic (exact) mass is 424 g/mol. The standard InChI is InChI=1S/C25H32N2O4/c1-2-31-20-11-9-18(10-12-20)7-8-19-13-15-26(16-14-19)23(28)17-27-24(29)21-5-3-4-6-22(21)25(27)30/h3-4,9-12,19,21-22H,2,5-8,13-17H2,1H3/t21-,22+. The zero-order valence-electron chi connectivity index (χ0n) is 18.3. The van der Waals surface area contributed by atoms with Crippen LogP contribution >= 0.6 is 0 Å².